The molecule has 3 N–H and O–H groups in total. The summed E-state index contributed by atoms with van der Waals surface area (Å²) in [5.41, 5.74) is 3.13. The molecule has 0 saturated carbocycles. The van der Waals surface area contributed by atoms with Gasteiger partial charge in [0.1, 0.15) is 6.04 Å². The highest BCUT2D eigenvalue weighted by Crippen LogP contribution is 2.32. The van der Waals surface area contributed by atoms with E-state index in [0.717, 1.165) is 18.4 Å². The van der Waals surface area contributed by atoms with Crippen molar-refractivity contribution in [1.29, 1.82) is 0 Å². The van der Waals surface area contributed by atoms with E-state index >= 15 is 0 Å². The van der Waals surface area contributed by atoms with E-state index in [1.165, 1.54) is 12.0 Å². The molecule has 210 valence electrons. The molecule has 2 aromatic heterocycles. The Morgan fingerprint density at radius 1 is 1.25 bits per heavy atom. The lowest BCUT2D eigenvalue weighted by molar-refractivity contribution is -0.126. The number of fused-ring (bicyclic) bond motifs is 1. The van der Waals surface area contributed by atoms with Gasteiger partial charge < -0.3 is 30.1 Å². The van der Waals surface area contributed by atoms with E-state index in [2.05, 4.69) is 25.6 Å². The molecule has 40 heavy (non-hydrogen) atoms. The minimum atomic E-state index is -0.779. The Morgan fingerprint density at radius 3 is 2.80 bits per heavy atom. The van der Waals surface area contributed by atoms with Gasteiger partial charge in [0.05, 0.1) is 36.7 Å². The summed E-state index contributed by atoms with van der Waals surface area (Å²) < 4.78 is 10.6. The van der Waals surface area contributed by atoms with E-state index in [1.54, 1.807) is 37.5 Å². The van der Waals surface area contributed by atoms with Crippen molar-refractivity contribution in [2.45, 2.75) is 44.4 Å². The summed E-state index contributed by atoms with van der Waals surface area (Å²) in [6.45, 7) is 3.00. The van der Waals surface area contributed by atoms with Crippen molar-refractivity contribution < 1.29 is 24.2 Å². The molecule has 2 amide bonds. The first-order valence-corrected chi connectivity index (χ1v) is 13.5. The lowest BCUT2D eigenvalue weighted by Gasteiger charge is -2.26. The third-order valence-corrected chi connectivity index (χ3v) is 7.51. The van der Waals surface area contributed by atoms with Crippen LogP contribution in [0, 0.1) is 0 Å². The molecule has 4 heterocycles. The number of pyridine rings is 1. The zero-order valence-corrected chi connectivity index (χ0v) is 23.0. The van der Waals surface area contributed by atoms with Gasteiger partial charge in [-0.15, -0.1) is 0 Å². The monoisotopic (exact) mass is 566 g/mol. The first-order chi connectivity index (χ1) is 19.4. The molecule has 0 spiro atoms. The van der Waals surface area contributed by atoms with E-state index in [1.807, 2.05) is 12.1 Å². The van der Waals surface area contributed by atoms with Gasteiger partial charge in [0.25, 0.3) is 5.91 Å². The smallest absolute Gasteiger partial charge is 0.255 e. The average molecular weight is 567 g/mol. The van der Waals surface area contributed by atoms with Crippen molar-refractivity contribution in [3.63, 3.8) is 0 Å². The summed E-state index contributed by atoms with van der Waals surface area (Å²) in [5.74, 6) is 0.181. The highest BCUT2D eigenvalue weighted by atomic mass is 35.5. The van der Waals surface area contributed by atoms with Crippen molar-refractivity contribution in [2.75, 3.05) is 32.2 Å². The number of hydrogen-bond acceptors (Lipinski definition) is 9. The minimum Gasteiger partial charge on any atom is -0.481 e. The molecular weight excluding hydrogens is 536 g/mol. The number of aromatic nitrogens is 3. The number of rotatable bonds is 9. The van der Waals surface area contributed by atoms with Gasteiger partial charge >= 0.3 is 0 Å². The number of aliphatic hydroxyl groups excluding tert-OH is 1. The van der Waals surface area contributed by atoms with Crippen LogP contribution in [0.15, 0.2) is 42.7 Å². The Bertz CT molecular complexity index is 1400. The maximum Gasteiger partial charge on any atom is 0.255 e. The van der Waals surface area contributed by atoms with Crippen molar-refractivity contribution in [1.82, 2.24) is 25.2 Å². The Morgan fingerprint density at radius 2 is 2.05 bits per heavy atom. The third kappa shape index (κ3) is 5.86. The Balaban J connectivity index is 1.30. The molecule has 1 saturated heterocycles. The first-order valence-electron chi connectivity index (χ1n) is 13.1. The number of carbonyl (C=O) groups excluding carboxylic acids is 2. The van der Waals surface area contributed by atoms with Crippen molar-refractivity contribution in [2.24, 2.45) is 0 Å². The van der Waals surface area contributed by atoms with Crippen LogP contribution in [0.3, 0.4) is 0 Å². The first kappa shape index (κ1) is 27.8. The fourth-order valence-corrected chi connectivity index (χ4v) is 5.07. The standard InChI is InChI=1S/C28H31ClN6O5/c1-16(26(37)33-23(15-36)17-5-8-30-24(12-17)39-2)35-14-19-4-3-18(11-21(19)27(35)38)25-22(29)13-31-28(34-25)32-20-6-9-40-10-7-20/h3-5,8,11-13,16,20,23,36H,6-7,9-10,14-15H2,1-2H3,(H,33,37)(H,31,32,34). The molecule has 11 nitrogen and oxygen atoms in total. The van der Waals surface area contributed by atoms with Gasteiger partial charge in [-0.2, -0.15) is 0 Å². The number of carbonyl (C=O) groups is 2. The molecule has 0 radical (unpaired) electrons. The minimum absolute atomic E-state index is 0.219. The second-order valence-electron chi connectivity index (χ2n) is 9.78. The van der Waals surface area contributed by atoms with E-state index in [0.29, 0.717) is 52.4 Å². The Kier molecular flexibility index (Phi) is 8.43. The molecule has 3 aromatic rings. The van der Waals surface area contributed by atoms with Crippen LogP contribution in [0.4, 0.5) is 5.95 Å². The Hall–Kier alpha value is -3.80. The number of hydrogen-bond donors (Lipinski definition) is 3. The number of benzene rings is 1. The fraction of sp³-hybridized carbons (Fsp3) is 0.393. The van der Waals surface area contributed by atoms with Gasteiger partial charge in [0.15, 0.2) is 0 Å². The number of nitrogens with zero attached hydrogens (tertiary/aromatic N) is 4. The summed E-state index contributed by atoms with van der Waals surface area (Å²) in [4.78, 5) is 41.1. The van der Waals surface area contributed by atoms with Gasteiger partial charge in [0.2, 0.25) is 17.7 Å². The number of halogens is 1. The van der Waals surface area contributed by atoms with Crippen LogP contribution in [0.25, 0.3) is 11.3 Å². The van der Waals surface area contributed by atoms with Gasteiger partial charge in [-0.1, -0.05) is 23.7 Å². The summed E-state index contributed by atoms with van der Waals surface area (Å²) in [5, 5.41) is 16.5. The van der Waals surface area contributed by atoms with Crippen molar-refractivity contribution >= 4 is 29.4 Å². The van der Waals surface area contributed by atoms with E-state index in [-0.39, 0.29) is 31.0 Å². The second-order valence-corrected chi connectivity index (χ2v) is 10.2. The molecule has 12 heteroatoms. The van der Waals surface area contributed by atoms with Gasteiger partial charge in [-0.05, 0) is 43.0 Å². The normalized spacial score (nSPS) is 16.8. The number of methoxy groups -OCH3 is 1. The largest absolute Gasteiger partial charge is 0.481 e. The fourth-order valence-electron chi connectivity index (χ4n) is 4.87. The Labute approximate surface area is 236 Å². The molecule has 2 atom stereocenters. The summed E-state index contributed by atoms with van der Waals surface area (Å²) in [7, 11) is 1.49. The number of anilines is 1. The average Bonchev–Trinajstić information content (AvgIpc) is 3.32. The van der Waals surface area contributed by atoms with Crippen LogP contribution in [0.5, 0.6) is 5.88 Å². The van der Waals surface area contributed by atoms with Crippen LogP contribution in [-0.4, -0.2) is 75.8 Å². The molecule has 5 rings (SSSR count). The highest BCUT2D eigenvalue weighted by molar-refractivity contribution is 6.33. The van der Waals surface area contributed by atoms with Gasteiger partial charge in [-0.25, -0.2) is 15.0 Å². The SMILES string of the molecule is COc1cc(C(CO)NC(=O)C(C)N2Cc3ccc(-c4nc(NC5CCOCC5)ncc4Cl)cc3C2=O)ccn1. The number of nitrogens with one attached hydrogen (secondary N) is 2. The predicted octanol–water partition coefficient (Wildman–Crippen LogP) is 2.99. The molecule has 1 fully saturated rings. The second kappa shape index (κ2) is 12.2. The van der Waals surface area contributed by atoms with Crippen LogP contribution in [0.2, 0.25) is 5.02 Å². The summed E-state index contributed by atoms with van der Waals surface area (Å²) >= 11 is 6.46. The highest BCUT2D eigenvalue weighted by Gasteiger charge is 2.35. The van der Waals surface area contributed by atoms with E-state index < -0.39 is 12.1 Å². The molecule has 0 aliphatic carbocycles. The quantitative estimate of drug-likeness (QED) is 0.357. The van der Waals surface area contributed by atoms with Crippen LogP contribution < -0.4 is 15.4 Å². The zero-order valence-electron chi connectivity index (χ0n) is 22.3. The lowest BCUT2D eigenvalue weighted by atomic mass is 10.0. The van der Waals surface area contributed by atoms with Crippen molar-refractivity contribution in [3.05, 3.63) is 64.4 Å². The van der Waals surface area contributed by atoms with Crippen LogP contribution >= 0.6 is 11.6 Å². The van der Waals surface area contributed by atoms with Gasteiger partial charge in [-0.3, -0.25) is 9.59 Å². The van der Waals surface area contributed by atoms with Crippen molar-refractivity contribution in [3.8, 4) is 17.1 Å². The van der Waals surface area contributed by atoms with E-state index in [4.69, 9.17) is 21.1 Å². The molecule has 0 bridgehead atoms. The maximum absolute atomic E-state index is 13.4. The third-order valence-electron chi connectivity index (χ3n) is 7.23. The van der Waals surface area contributed by atoms with Crippen LogP contribution in [0.1, 0.15) is 47.3 Å². The molecule has 2 unspecified atom stereocenters. The summed E-state index contributed by atoms with van der Waals surface area (Å²) in [6, 6.07) is 7.58. The van der Waals surface area contributed by atoms with E-state index in [9.17, 15) is 14.7 Å². The molecular formula is C28H31ClN6O5. The number of ether oxygens (including phenoxy) is 2. The predicted molar refractivity (Wildman–Crippen MR) is 148 cm³/mol. The zero-order chi connectivity index (χ0) is 28.2. The lowest BCUT2D eigenvalue weighted by Crippen LogP contribution is -2.46. The summed E-state index contributed by atoms with van der Waals surface area (Å²) in [6.07, 6.45) is 4.83. The maximum atomic E-state index is 13.4. The molecule has 1 aromatic carbocycles. The molecule has 2 aliphatic heterocycles. The number of amides is 2. The number of aliphatic hydroxyl groups is 1. The molecule has 2 aliphatic rings. The van der Waals surface area contributed by atoms with Gasteiger partial charge in [0, 0.05) is 49.2 Å². The van der Waals surface area contributed by atoms with Crippen LogP contribution in [-0.2, 0) is 16.1 Å². The topological polar surface area (TPSA) is 139 Å².